The highest BCUT2D eigenvalue weighted by molar-refractivity contribution is 9.10. The molecule has 1 atom stereocenters. The second kappa shape index (κ2) is 8.76. The van der Waals surface area contributed by atoms with E-state index in [4.69, 9.17) is 4.74 Å². The summed E-state index contributed by atoms with van der Waals surface area (Å²) in [6, 6.07) is 4.04. The standard InChI is InChI=1S/C22H23BrN6O2S/c1-29(5-6-31-2)22(30)12-3-4-14-18(8-12)32-21-19(14)20(24-11-25-21)27-17-7-13-10-26-28-16(13)9-15(17)23/h7,9-12H,3-6,8H2,1-2H3,(H,26,28)(H,24,25,27)/t12-/m0/s1. The maximum atomic E-state index is 12.9. The molecule has 32 heavy (non-hydrogen) atoms. The van der Waals surface area contributed by atoms with E-state index in [0.29, 0.717) is 13.2 Å². The molecule has 0 aliphatic heterocycles. The molecule has 2 N–H and O–H groups in total. The number of carbonyl (C=O) groups excluding carboxylic acids is 1. The van der Waals surface area contributed by atoms with Gasteiger partial charge in [0.15, 0.2) is 0 Å². The van der Waals surface area contributed by atoms with Crippen LogP contribution in [0.2, 0.25) is 0 Å². The Bertz CT molecular complexity index is 1300. The molecular formula is C22H23BrN6O2S. The molecule has 0 spiro atoms. The number of ether oxygens (including phenoxy) is 1. The lowest BCUT2D eigenvalue weighted by Crippen LogP contribution is -2.37. The van der Waals surface area contributed by atoms with E-state index < -0.39 is 0 Å². The van der Waals surface area contributed by atoms with Gasteiger partial charge in [-0.1, -0.05) is 0 Å². The summed E-state index contributed by atoms with van der Waals surface area (Å²) in [5.74, 6) is 0.976. The molecule has 1 aliphatic rings. The van der Waals surface area contributed by atoms with E-state index >= 15 is 0 Å². The SMILES string of the molecule is COCCN(C)C(=O)[C@H]1CCc2c(sc3ncnc(Nc4cc5cn[nH]c5cc4Br)c23)C1. The van der Waals surface area contributed by atoms with E-state index in [0.717, 1.165) is 56.4 Å². The number of thiophene rings is 1. The molecule has 1 aromatic carbocycles. The molecule has 166 valence electrons. The highest BCUT2D eigenvalue weighted by Crippen LogP contribution is 2.41. The van der Waals surface area contributed by atoms with Crippen LogP contribution in [0.1, 0.15) is 16.9 Å². The van der Waals surface area contributed by atoms with Gasteiger partial charge in [0.1, 0.15) is 17.0 Å². The minimum absolute atomic E-state index is 0.000528. The van der Waals surface area contributed by atoms with Crippen molar-refractivity contribution in [1.29, 1.82) is 0 Å². The van der Waals surface area contributed by atoms with Crippen molar-refractivity contribution in [2.24, 2.45) is 5.92 Å². The first-order valence-corrected chi connectivity index (χ1v) is 12.0. The van der Waals surface area contributed by atoms with Gasteiger partial charge in [-0.25, -0.2) is 9.97 Å². The summed E-state index contributed by atoms with van der Waals surface area (Å²) in [6.07, 6.45) is 5.81. The normalized spacial score (nSPS) is 15.8. The van der Waals surface area contributed by atoms with Crippen LogP contribution in [-0.4, -0.2) is 58.3 Å². The van der Waals surface area contributed by atoms with E-state index in [1.54, 1.807) is 35.9 Å². The number of nitrogens with one attached hydrogen (secondary N) is 2. The van der Waals surface area contributed by atoms with Crippen molar-refractivity contribution in [1.82, 2.24) is 25.1 Å². The zero-order valence-corrected chi connectivity index (χ0v) is 20.2. The quantitative estimate of drug-likeness (QED) is 0.398. The Labute approximate surface area is 197 Å². The Hall–Kier alpha value is -2.56. The maximum absolute atomic E-state index is 12.9. The number of aromatic nitrogens is 4. The van der Waals surface area contributed by atoms with Gasteiger partial charge in [-0.3, -0.25) is 9.89 Å². The second-order valence-electron chi connectivity index (χ2n) is 8.01. The van der Waals surface area contributed by atoms with Gasteiger partial charge in [0.2, 0.25) is 5.91 Å². The number of hydrogen-bond acceptors (Lipinski definition) is 7. The molecule has 5 rings (SSSR count). The van der Waals surface area contributed by atoms with Gasteiger partial charge in [0.05, 0.1) is 29.4 Å². The Balaban J connectivity index is 1.44. The fourth-order valence-corrected chi connectivity index (χ4v) is 5.96. The number of anilines is 2. The zero-order valence-electron chi connectivity index (χ0n) is 17.8. The van der Waals surface area contributed by atoms with Crippen molar-refractivity contribution in [3.05, 3.63) is 39.6 Å². The molecule has 0 bridgehead atoms. The molecule has 0 unspecified atom stereocenters. The average molecular weight is 515 g/mol. The molecule has 0 saturated carbocycles. The van der Waals surface area contributed by atoms with E-state index in [1.165, 1.54) is 10.4 Å². The molecule has 0 radical (unpaired) electrons. The smallest absolute Gasteiger partial charge is 0.225 e. The third kappa shape index (κ3) is 3.87. The van der Waals surface area contributed by atoms with Gasteiger partial charge in [-0.2, -0.15) is 5.10 Å². The first-order chi connectivity index (χ1) is 15.5. The fraction of sp³-hybridized carbons (Fsp3) is 0.364. The van der Waals surface area contributed by atoms with Crippen molar-refractivity contribution in [2.75, 3.05) is 32.6 Å². The molecule has 0 saturated heterocycles. The summed E-state index contributed by atoms with van der Waals surface area (Å²) < 4.78 is 6.04. The Kier molecular flexibility index (Phi) is 5.83. The summed E-state index contributed by atoms with van der Waals surface area (Å²) in [4.78, 5) is 25.9. The minimum atomic E-state index is -0.000528. The number of amides is 1. The number of carbonyl (C=O) groups is 1. The summed E-state index contributed by atoms with van der Waals surface area (Å²) >= 11 is 5.31. The van der Waals surface area contributed by atoms with Gasteiger partial charge < -0.3 is 15.0 Å². The highest BCUT2D eigenvalue weighted by Gasteiger charge is 2.30. The Morgan fingerprint density at radius 3 is 3.12 bits per heavy atom. The van der Waals surface area contributed by atoms with Crippen LogP contribution in [0, 0.1) is 5.92 Å². The van der Waals surface area contributed by atoms with Gasteiger partial charge in [0.25, 0.3) is 0 Å². The number of nitrogens with zero attached hydrogens (tertiary/aromatic N) is 4. The molecule has 8 nitrogen and oxygen atoms in total. The molecule has 0 fully saturated rings. The van der Waals surface area contributed by atoms with Gasteiger partial charge >= 0.3 is 0 Å². The van der Waals surface area contributed by atoms with E-state index in [-0.39, 0.29) is 11.8 Å². The number of hydrogen-bond donors (Lipinski definition) is 2. The fourth-order valence-electron chi connectivity index (χ4n) is 4.25. The van der Waals surface area contributed by atoms with Crippen LogP contribution < -0.4 is 5.32 Å². The molecule has 1 aliphatic carbocycles. The topological polar surface area (TPSA) is 96.0 Å². The van der Waals surface area contributed by atoms with Crippen LogP contribution in [-0.2, 0) is 22.4 Å². The number of methoxy groups -OCH3 is 1. The van der Waals surface area contributed by atoms with Crippen molar-refractivity contribution < 1.29 is 9.53 Å². The van der Waals surface area contributed by atoms with Crippen molar-refractivity contribution >= 4 is 65.8 Å². The monoisotopic (exact) mass is 514 g/mol. The highest BCUT2D eigenvalue weighted by atomic mass is 79.9. The van der Waals surface area contributed by atoms with Crippen molar-refractivity contribution in [3.63, 3.8) is 0 Å². The van der Waals surface area contributed by atoms with Crippen molar-refractivity contribution in [2.45, 2.75) is 19.3 Å². The van der Waals surface area contributed by atoms with Gasteiger partial charge in [-0.05, 0) is 52.9 Å². The zero-order chi connectivity index (χ0) is 22.2. The van der Waals surface area contributed by atoms with Crippen LogP contribution in [0.3, 0.4) is 0 Å². The van der Waals surface area contributed by atoms with E-state index in [2.05, 4.69) is 41.4 Å². The molecule has 1 amide bonds. The lowest BCUT2D eigenvalue weighted by atomic mass is 9.87. The molecule has 3 aromatic heterocycles. The number of aryl methyl sites for hydroxylation is 1. The lowest BCUT2D eigenvalue weighted by Gasteiger charge is -2.26. The summed E-state index contributed by atoms with van der Waals surface area (Å²) in [5, 5.41) is 12.7. The van der Waals surface area contributed by atoms with Gasteiger partial charge in [-0.15, -0.1) is 11.3 Å². The summed E-state index contributed by atoms with van der Waals surface area (Å²) in [5.41, 5.74) is 3.15. The third-order valence-electron chi connectivity index (χ3n) is 5.98. The molecule has 4 aromatic rings. The first-order valence-electron chi connectivity index (χ1n) is 10.4. The number of aromatic amines is 1. The third-order valence-corrected chi connectivity index (χ3v) is 7.80. The summed E-state index contributed by atoms with van der Waals surface area (Å²) in [7, 11) is 3.50. The number of halogens is 1. The van der Waals surface area contributed by atoms with Crippen LogP contribution in [0.15, 0.2) is 29.1 Å². The van der Waals surface area contributed by atoms with Crippen LogP contribution in [0.25, 0.3) is 21.1 Å². The first kappa shape index (κ1) is 21.3. The molecular weight excluding hydrogens is 492 g/mol. The number of fused-ring (bicyclic) bond motifs is 4. The van der Waals surface area contributed by atoms with Gasteiger partial charge in [0, 0.05) is 41.4 Å². The van der Waals surface area contributed by atoms with Crippen LogP contribution in [0.4, 0.5) is 11.5 Å². The molecule has 10 heteroatoms. The van der Waals surface area contributed by atoms with E-state index in [1.807, 2.05) is 19.2 Å². The predicted octanol–water partition coefficient (Wildman–Crippen LogP) is 4.28. The number of H-pyrrole nitrogens is 1. The number of likely N-dealkylation sites (N-methyl/N-ethyl adjacent to an activating group) is 1. The number of benzene rings is 1. The van der Waals surface area contributed by atoms with E-state index in [9.17, 15) is 4.79 Å². The number of rotatable bonds is 6. The maximum Gasteiger partial charge on any atom is 0.225 e. The summed E-state index contributed by atoms with van der Waals surface area (Å²) in [6.45, 7) is 1.16. The van der Waals surface area contributed by atoms with Crippen molar-refractivity contribution in [3.8, 4) is 0 Å². The van der Waals surface area contributed by atoms with Crippen LogP contribution in [0.5, 0.6) is 0 Å². The second-order valence-corrected chi connectivity index (χ2v) is 9.95. The van der Waals surface area contributed by atoms with Crippen LogP contribution >= 0.6 is 27.3 Å². The Morgan fingerprint density at radius 2 is 2.28 bits per heavy atom. The lowest BCUT2D eigenvalue weighted by molar-refractivity contribution is -0.135. The average Bonchev–Trinajstić information content (AvgIpc) is 3.40. The molecule has 3 heterocycles. The minimum Gasteiger partial charge on any atom is -0.383 e. The predicted molar refractivity (Wildman–Crippen MR) is 130 cm³/mol. The largest absolute Gasteiger partial charge is 0.383 e. The Morgan fingerprint density at radius 1 is 1.41 bits per heavy atom.